The van der Waals surface area contributed by atoms with Crippen molar-refractivity contribution in [2.45, 2.75) is 59.4 Å². The number of aromatic carboxylic acids is 1. The van der Waals surface area contributed by atoms with Gasteiger partial charge in [0.05, 0.1) is 5.56 Å². The highest BCUT2D eigenvalue weighted by atomic mass is 16.4. The molecule has 1 heterocycles. The first-order valence-electron chi connectivity index (χ1n) is 7.19. The van der Waals surface area contributed by atoms with Crippen LogP contribution in [0.2, 0.25) is 0 Å². The van der Waals surface area contributed by atoms with E-state index < -0.39 is 5.97 Å². The van der Waals surface area contributed by atoms with Crippen molar-refractivity contribution in [2.24, 2.45) is 0 Å². The van der Waals surface area contributed by atoms with E-state index in [2.05, 4.69) is 30.7 Å². The fourth-order valence-electron chi connectivity index (χ4n) is 2.05. The maximum absolute atomic E-state index is 11.3. The third-order valence-electron chi connectivity index (χ3n) is 3.21. The van der Waals surface area contributed by atoms with E-state index in [0.717, 1.165) is 24.5 Å². The van der Waals surface area contributed by atoms with Crippen molar-refractivity contribution < 1.29 is 9.90 Å². The van der Waals surface area contributed by atoms with Gasteiger partial charge in [0.25, 0.3) is 0 Å². The van der Waals surface area contributed by atoms with Gasteiger partial charge in [0.15, 0.2) is 0 Å². The summed E-state index contributed by atoms with van der Waals surface area (Å²) in [5.41, 5.74) is 0.950. The molecule has 0 saturated carbocycles. The summed E-state index contributed by atoms with van der Waals surface area (Å²) in [5.74, 6) is -0.147. The van der Waals surface area contributed by atoms with E-state index in [0.29, 0.717) is 11.6 Å². The molecule has 0 aliphatic rings. The van der Waals surface area contributed by atoms with Gasteiger partial charge in [-0.15, -0.1) is 0 Å². The minimum atomic E-state index is -0.903. The average molecular weight is 278 g/mol. The van der Waals surface area contributed by atoms with Crippen LogP contribution in [0.1, 0.15) is 64.0 Å². The van der Waals surface area contributed by atoms with Crippen LogP contribution in [0.5, 0.6) is 0 Å². The molecule has 0 saturated heterocycles. The van der Waals surface area contributed by atoms with Crippen LogP contribution >= 0.6 is 0 Å². The molecule has 112 valence electrons. The molecule has 0 aliphatic carbocycles. The molecule has 0 aromatic carbocycles. The highest BCUT2D eigenvalue weighted by molar-refractivity contribution is 5.88. The minimum absolute atomic E-state index is 0.172. The fourth-order valence-corrected chi connectivity index (χ4v) is 2.05. The summed E-state index contributed by atoms with van der Waals surface area (Å²) in [7, 11) is 0. The Morgan fingerprint density at radius 1 is 1.35 bits per heavy atom. The van der Waals surface area contributed by atoms with Crippen LogP contribution in [-0.4, -0.2) is 28.6 Å². The molecule has 0 amide bonds. The van der Waals surface area contributed by atoms with Gasteiger partial charge in [0.1, 0.15) is 5.82 Å². The van der Waals surface area contributed by atoms with Crippen LogP contribution in [0, 0.1) is 0 Å². The Hall–Kier alpha value is -1.58. The molecule has 1 aromatic heterocycles. The van der Waals surface area contributed by atoms with Crippen LogP contribution in [0.3, 0.4) is 0 Å². The van der Waals surface area contributed by atoms with Gasteiger partial charge in [-0.3, -0.25) is 0 Å². The van der Waals surface area contributed by atoms with Crippen molar-refractivity contribution >= 4 is 11.8 Å². The predicted octanol–water partition coefficient (Wildman–Crippen LogP) is 3.70. The monoisotopic (exact) mass is 278 g/mol. The maximum atomic E-state index is 11.3. The molecule has 0 unspecified atom stereocenters. The third-order valence-corrected chi connectivity index (χ3v) is 3.21. The fraction of sp³-hybridized carbons (Fsp3) is 0.625. The zero-order valence-electron chi connectivity index (χ0n) is 13.4. The molecule has 1 N–H and O–H groups in total. The number of hydrogen-bond acceptors (Lipinski definition) is 3. The molecule has 0 radical (unpaired) electrons. The Morgan fingerprint density at radius 3 is 2.35 bits per heavy atom. The number of pyridine rings is 1. The molecular formula is C16H26N2O2. The second-order valence-corrected chi connectivity index (χ2v) is 6.44. The third kappa shape index (κ3) is 3.95. The number of rotatable bonds is 5. The van der Waals surface area contributed by atoms with Crippen LogP contribution in [0.25, 0.3) is 0 Å². The van der Waals surface area contributed by atoms with Gasteiger partial charge < -0.3 is 10.0 Å². The lowest BCUT2D eigenvalue weighted by atomic mass is 9.90. The van der Waals surface area contributed by atoms with Gasteiger partial charge in [-0.25, -0.2) is 9.78 Å². The summed E-state index contributed by atoms with van der Waals surface area (Å²) in [5, 5.41) is 9.30. The number of anilines is 1. The van der Waals surface area contributed by atoms with Gasteiger partial charge in [-0.05, 0) is 32.4 Å². The Balaban J connectivity index is 3.37. The van der Waals surface area contributed by atoms with Crippen molar-refractivity contribution in [1.82, 2.24) is 4.98 Å². The van der Waals surface area contributed by atoms with Gasteiger partial charge in [0.2, 0.25) is 0 Å². The quantitative estimate of drug-likeness (QED) is 0.892. The zero-order valence-corrected chi connectivity index (χ0v) is 13.4. The largest absolute Gasteiger partial charge is 0.478 e. The van der Waals surface area contributed by atoms with E-state index in [1.165, 1.54) is 0 Å². The van der Waals surface area contributed by atoms with Gasteiger partial charge in [-0.1, -0.05) is 27.7 Å². The Kier molecular flexibility index (Phi) is 5.15. The molecule has 0 aliphatic heterocycles. The van der Waals surface area contributed by atoms with Crippen molar-refractivity contribution in [3.63, 3.8) is 0 Å². The van der Waals surface area contributed by atoms with Crippen molar-refractivity contribution in [3.05, 3.63) is 23.4 Å². The number of carboxylic acid groups (broad SMARTS) is 1. The number of carboxylic acids is 1. The summed E-state index contributed by atoms with van der Waals surface area (Å²) in [6.45, 7) is 13.3. The van der Waals surface area contributed by atoms with E-state index in [1.807, 2.05) is 20.8 Å². The lowest BCUT2D eigenvalue weighted by Crippen LogP contribution is -2.33. The first kappa shape index (κ1) is 16.5. The van der Waals surface area contributed by atoms with E-state index in [-0.39, 0.29) is 5.41 Å². The summed E-state index contributed by atoms with van der Waals surface area (Å²) >= 11 is 0. The Morgan fingerprint density at radius 2 is 1.95 bits per heavy atom. The van der Waals surface area contributed by atoms with Gasteiger partial charge in [-0.2, -0.15) is 0 Å². The van der Waals surface area contributed by atoms with Crippen LogP contribution in [0.4, 0.5) is 5.82 Å². The molecule has 4 nitrogen and oxygen atoms in total. The SMILES string of the molecule is CCCN(c1cc(C(=O)O)cc(C(C)(C)C)n1)C(C)C. The molecule has 1 rings (SSSR count). The van der Waals surface area contributed by atoms with E-state index >= 15 is 0 Å². The maximum Gasteiger partial charge on any atom is 0.335 e. The molecule has 0 spiro atoms. The highest BCUT2D eigenvalue weighted by Gasteiger charge is 2.21. The van der Waals surface area contributed by atoms with Crippen molar-refractivity contribution in [1.29, 1.82) is 0 Å². The summed E-state index contributed by atoms with van der Waals surface area (Å²) in [4.78, 5) is 18.2. The predicted molar refractivity (Wildman–Crippen MR) is 82.7 cm³/mol. The number of hydrogen-bond donors (Lipinski definition) is 1. The number of nitrogens with zero attached hydrogens (tertiary/aromatic N) is 2. The van der Waals surface area contributed by atoms with Crippen LogP contribution < -0.4 is 4.90 Å². The normalized spacial score (nSPS) is 11.8. The van der Waals surface area contributed by atoms with Crippen LogP contribution in [-0.2, 0) is 5.41 Å². The molecule has 0 atom stereocenters. The lowest BCUT2D eigenvalue weighted by Gasteiger charge is -2.29. The Bertz CT molecular complexity index is 476. The Labute approximate surface area is 121 Å². The minimum Gasteiger partial charge on any atom is -0.478 e. The lowest BCUT2D eigenvalue weighted by molar-refractivity contribution is 0.0696. The van der Waals surface area contributed by atoms with Gasteiger partial charge in [0, 0.05) is 23.7 Å². The summed E-state index contributed by atoms with van der Waals surface area (Å²) in [6.07, 6.45) is 1.00. The smallest absolute Gasteiger partial charge is 0.335 e. The summed E-state index contributed by atoms with van der Waals surface area (Å²) in [6, 6.07) is 3.64. The molecule has 20 heavy (non-hydrogen) atoms. The van der Waals surface area contributed by atoms with Crippen molar-refractivity contribution in [2.75, 3.05) is 11.4 Å². The molecule has 1 aromatic rings. The van der Waals surface area contributed by atoms with Gasteiger partial charge >= 0.3 is 5.97 Å². The second-order valence-electron chi connectivity index (χ2n) is 6.44. The topological polar surface area (TPSA) is 53.4 Å². The van der Waals surface area contributed by atoms with Crippen LogP contribution in [0.15, 0.2) is 12.1 Å². The molecule has 4 heteroatoms. The average Bonchev–Trinajstić information content (AvgIpc) is 2.33. The first-order chi connectivity index (χ1) is 9.16. The van der Waals surface area contributed by atoms with E-state index in [9.17, 15) is 9.90 Å². The second kappa shape index (κ2) is 6.25. The number of carbonyl (C=O) groups is 1. The van der Waals surface area contributed by atoms with Crippen molar-refractivity contribution in [3.8, 4) is 0 Å². The standard InChI is InChI=1S/C16H26N2O2/c1-7-8-18(11(2)3)14-10-12(15(19)20)9-13(17-14)16(4,5)6/h9-11H,7-8H2,1-6H3,(H,19,20). The number of aromatic nitrogens is 1. The highest BCUT2D eigenvalue weighted by Crippen LogP contribution is 2.26. The zero-order chi connectivity index (χ0) is 15.5. The van der Waals surface area contributed by atoms with E-state index in [4.69, 9.17) is 0 Å². The molecular weight excluding hydrogens is 252 g/mol. The first-order valence-corrected chi connectivity index (χ1v) is 7.19. The summed E-state index contributed by atoms with van der Waals surface area (Å²) < 4.78 is 0. The molecule has 0 fully saturated rings. The van der Waals surface area contributed by atoms with E-state index in [1.54, 1.807) is 12.1 Å². The molecule has 0 bridgehead atoms.